The molecule has 0 spiro atoms. The lowest BCUT2D eigenvalue weighted by Gasteiger charge is -2.11. The molecular formula is C9H15BrN2. The first-order chi connectivity index (χ1) is 5.70. The maximum absolute atomic E-state index is 4.34. The van der Waals surface area contributed by atoms with Gasteiger partial charge in [-0.05, 0) is 20.3 Å². The third-order valence-corrected chi connectivity index (χ3v) is 2.90. The Balaban J connectivity index is 2.93. The van der Waals surface area contributed by atoms with Gasteiger partial charge in [0.15, 0.2) is 0 Å². The van der Waals surface area contributed by atoms with E-state index in [4.69, 9.17) is 0 Å². The van der Waals surface area contributed by atoms with Crippen LogP contribution in [0.4, 0.5) is 0 Å². The number of hydrogen-bond acceptors (Lipinski definition) is 1. The molecule has 1 aromatic rings. The third kappa shape index (κ3) is 1.71. The van der Waals surface area contributed by atoms with Crippen molar-refractivity contribution in [2.24, 2.45) is 0 Å². The van der Waals surface area contributed by atoms with Crippen LogP contribution in [0, 0.1) is 6.92 Å². The van der Waals surface area contributed by atoms with Crippen LogP contribution in [-0.2, 0) is 5.33 Å². The Bertz CT molecular complexity index is 255. The predicted octanol–water partition coefficient (Wildman–Crippen LogP) is 3.06. The molecule has 1 atom stereocenters. The molecule has 0 amide bonds. The highest BCUT2D eigenvalue weighted by Gasteiger charge is 2.08. The number of aromatic nitrogens is 2. The molecule has 0 saturated heterocycles. The summed E-state index contributed by atoms with van der Waals surface area (Å²) >= 11 is 3.44. The van der Waals surface area contributed by atoms with Gasteiger partial charge in [0.2, 0.25) is 0 Å². The van der Waals surface area contributed by atoms with E-state index in [1.54, 1.807) is 0 Å². The molecule has 0 N–H and O–H groups in total. The van der Waals surface area contributed by atoms with Gasteiger partial charge in [-0.3, -0.25) is 4.68 Å². The van der Waals surface area contributed by atoms with Crippen molar-refractivity contribution in [2.75, 3.05) is 0 Å². The monoisotopic (exact) mass is 230 g/mol. The van der Waals surface area contributed by atoms with Crippen LogP contribution in [0.2, 0.25) is 0 Å². The number of rotatable bonds is 3. The molecule has 2 nitrogen and oxygen atoms in total. The minimum atomic E-state index is 0.512. The molecule has 1 aromatic heterocycles. The second kappa shape index (κ2) is 4.08. The summed E-state index contributed by atoms with van der Waals surface area (Å²) in [5, 5.41) is 5.24. The average molecular weight is 231 g/mol. The van der Waals surface area contributed by atoms with Crippen molar-refractivity contribution in [1.29, 1.82) is 0 Å². The summed E-state index contributed by atoms with van der Waals surface area (Å²) in [6.45, 7) is 6.49. The fourth-order valence-corrected chi connectivity index (χ4v) is 1.76. The summed E-state index contributed by atoms with van der Waals surface area (Å²) in [6.07, 6.45) is 3.07. The smallest absolute Gasteiger partial charge is 0.0533 e. The molecule has 0 aliphatic carbocycles. The molecule has 1 rings (SSSR count). The molecule has 0 aliphatic heterocycles. The minimum Gasteiger partial charge on any atom is -0.267 e. The van der Waals surface area contributed by atoms with Crippen LogP contribution in [0.1, 0.15) is 37.6 Å². The van der Waals surface area contributed by atoms with Gasteiger partial charge in [0, 0.05) is 22.6 Å². The third-order valence-electron chi connectivity index (χ3n) is 2.30. The molecule has 3 heteroatoms. The summed E-state index contributed by atoms with van der Waals surface area (Å²) in [6, 6.07) is 0.512. The number of halogens is 1. The number of alkyl halides is 1. The highest BCUT2D eigenvalue weighted by atomic mass is 79.9. The maximum atomic E-state index is 4.34. The highest BCUT2D eigenvalue weighted by molar-refractivity contribution is 9.08. The molecule has 0 saturated carbocycles. The molecular weight excluding hydrogens is 216 g/mol. The van der Waals surface area contributed by atoms with Crippen LogP contribution < -0.4 is 0 Å². The fourth-order valence-electron chi connectivity index (χ4n) is 1.21. The van der Waals surface area contributed by atoms with Crippen LogP contribution in [0.3, 0.4) is 0 Å². The summed E-state index contributed by atoms with van der Waals surface area (Å²) < 4.78 is 2.09. The van der Waals surface area contributed by atoms with E-state index < -0.39 is 0 Å². The van der Waals surface area contributed by atoms with Crippen LogP contribution in [-0.4, -0.2) is 9.78 Å². The van der Waals surface area contributed by atoms with Crippen molar-refractivity contribution in [3.05, 3.63) is 17.5 Å². The van der Waals surface area contributed by atoms with Crippen LogP contribution in [0.25, 0.3) is 0 Å². The Hall–Kier alpha value is -0.310. The van der Waals surface area contributed by atoms with Gasteiger partial charge in [-0.15, -0.1) is 0 Å². The molecule has 0 fully saturated rings. The Morgan fingerprint density at radius 3 is 2.75 bits per heavy atom. The molecule has 1 unspecified atom stereocenters. The number of nitrogens with zero attached hydrogens (tertiary/aromatic N) is 2. The minimum absolute atomic E-state index is 0.512. The average Bonchev–Trinajstić information content (AvgIpc) is 2.45. The quantitative estimate of drug-likeness (QED) is 0.731. The van der Waals surface area contributed by atoms with E-state index in [2.05, 4.69) is 46.5 Å². The Labute approximate surface area is 82.1 Å². The number of hydrogen-bond donors (Lipinski definition) is 0. The fraction of sp³-hybridized carbons (Fsp3) is 0.667. The Morgan fingerprint density at radius 2 is 2.33 bits per heavy atom. The summed E-state index contributed by atoms with van der Waals surface area (Å²) in [5.41, 5.74) is 2.57. The van der Waals surface area contributed by atoms with E-state index in [-0.39, 0.29) is 0 Å². The zero-order valence-electron chi connectivity index (χ0n) is 7.84. The van der Waals surface area contributed by atoms with Gasteiger partial charge in [0.1, 0.15) is 0 Å². The van der Waals surface area contributed by atoms with E-state index in [9.17, 15) is 0 Å². The topological polar surface area (TPSA) is 17.8 Å². The normalized spacial score (nSPS) is 13.3. The first-order valence-electron chi connectivity index (χ1n) is 4.29. The summed E-state index contributed by atoms with van der Waals surface area (Å²) in [7, 11) is 0. The molecule has 12 heavy (non-hydrogen) atoms. The second-order valence-electron chi connectivity index (χ2n) is 3.09. The van der Waals surface area contributed by atoms with Gasteiger partial charge in [-0.1, -0.05) is 22.9 Å². The zero-order chi connectivity index (χ0) is 9.14. The lowest BCUT2D eigenvalue weighted by Crippen LogP contribution is -2.07. The molecule has 0 radical (unpaired) electrons. The Morgan fingerprint density at radius 1 is 1.67 bits per heavy atom. The van der Waals surface area contributed by atoms with E-state index >= 15 is 0 Å². The molecule has 68 valence electrons. The van der Waals surface area contributed by atoms with Crippen molar-refractivity contribution in [3.63, 3.8) is 0 Å². The standard InChI is InChI=1S/C9H15BrN2/c1-4-7(2)12-8(3)9(5-10)6-11-12/h6-7H,4-5H2,1-3H3. The highest BCUT2D eigenvalue weighted by Crippen LogP contribution is 2.17. The maximum Gasteiger partial charge on any atom is 0.0533 e. The van der Waals surface area contributed by atoms with Crippen molar-refractivity contribution in [2.45, 2.75) is 38.6 Å². The SMILES string of the molecule is CCC(C)n1ncc(CBr)c1C. The van der Waals surface area contributed by atoms with E-state index in [1.165, 1.54) is 11.3 Å². The molecule has 0 aliphatic rings. The first-order valence-corrected chi connectivity index (χ1v) is 5.41. The molecule has 0 bridgehead atoms. The van der Waals surface area contributed by atoms with Crippen molar-refractivity contribution < 1.29 is 0 Å². The summed E-state index contributed by atoms with van der Waals surface area (Å²) in [4.78, 5) is 0. The first kappa shape index (κ1) is 9.78. The van der Waals surface area contributed by atoms with Crippen LogP contribution in [0.5, 0.6) is 0 Å². The van der Waals surface area contributed by atoms with Crippen molar-refractivity contribution >= 4 is 15.9 Å². The van der Waals surface area contributed by atoms with Crippen molar-refractivity contribution in [1.82, 2.24) is 9.78 Å². The van der Waals surface area contributed by atoms with Crippen LogP contribution in [0.15, 0.2) is 6.20 Å². The predicted molar refractivity (Wildman–Crippen MR) is 54.6 cm³/mol. The van der Waals surface area contributed by atoms with Crippen molar-refractivity contribution in [3.8, 4) is 0 Å². The van der Waals surface area contributed by atoms with Gasteiger partial charge in [-0.2, -0.15) is 5.10 Å². The Kier molecular flexibility index (Phi) is 3.32. The molecule has 0 aromatic carbocycles. The summed E-state index contributed by atoms with van der Waals surface area (Å²) in [5.74, 6) is 0. The lowest BCUT2D eigenvalue weighted by molar-refractivity contribution is 0.467. The van der Waals surface area contributed by atoms with Crippen LogP contribution >= 0.6 is 15.9 Å². The van der Waals surface area contributed by atoms with Gasteiger partial charge in [-0.25, -0.2) is 0 Å². The van der Waals surface area contributed by atoms with E-state index in [0.29, 0.717) is 6.04 Å². The van der Waals surface area contributed by atoms with E-state index in [0.717, 1.165) is 11.8 Å². The second-order valence-corrected chi connectivity index (χ2v) is 3.65. The lowest BCUT2D eigenvalue weighted by atomic mass is 10.2. The van der Waals surface area contributed by atoms with Gasteiger partial charge in [0.25, 0.3) is 0 Å². The van der Waals surface area contributed by atoms with Gasteiger partial charge >= 0.3 is 0 Å². The zero-order valence-corrected chi connectivity index (χ0v) is 9.43. The largest absolute Gasteiger partial charge is 0.267 e. The van der Waals surface area contributed by atoms with E-state index in [1.807, 2.05) is 6.20 Å². The molecule has 1 heterocycles. The van der Waals surface area contributed by atoms with Gasteiger partial charge < -0.3 is 0 Å². The van der Waals surface area contributed by atoms with Gasteiger partial charge in [0.05, 0.1) is 6.20 Å².